The second-order valence-corrected chi connectivity index (χ2v) is 8.37. The number of aliphatic carboxylic acids is 1. The predicted molar refractivity (Wildman–Crippen MR) is 128 cm³/mol. The third kappa shape index (κ3) is 7.31. The van der Waals surface area contributed by atoms with E-state index in [-0.39, 0.29) is 44.1 Å². The number of benzene rings is 2. The number of carboxylic acids is 1. The Balaban J connectivity index is 1.32. The molecule has 34 heavy (non-hydrogen) atoms. The summed E-state index contributed by atoms with van der Waals surface area (Å²) in [6.45, 7) is 2.90. The molecule has 1 aliphatic rings. The number of ether oxygens (including phenoxy) is 2. The standard InChI is InChI=1S/C26H32N2O6/c1-18(7-6-12-24(29)27-14-16-33-15-13-25(30)31)28-26(32)34-17-23-21-10-4-2-8-19(21)20-9-3-5-11-22(20)23/h2-5,8-11,18,23H,6-7,12-17H2,1H3,(H,27,29)(H,28,32)(H,30,31). The normalized spacial score (nSPS) is 13.0. The zero-order valence-corrected chi connectivity index (χ0v) is 19.4. The fraction of sp³-hybridized carbons (Fsp3) is 0.423. The van der Waals surface area contributed by atoms with Crippen molar-refractivity contribution < 1.29 is 29.0 Å². The average Bonchev–Trinajstić information content (AvgIpc) is 3.13. The van der Waals surface area contributed by atoms with Crippen LogP contribution in [0.5, 0.6) is 0 Å². The number of rotatable bonds is 13. The van der Waals surface area contributed by atoms with Crippen molar-refractivity contribution in [2.45, 2.75) is 44.6 Å². The summed E-state index contributed by atoms with van der Waals surface area (Å²) in [6.07, 6.45) is 1.09. The molecule has 1 unspecified atom stereocenters. The summed E-state index contributed by atoms with van der Waals surface area (Å²) in [5, 5.41) is 14.1. The summed E-state index contributed by atoms with van der Waals surface area (Å²) < 4.78 is 10.7. The van der Waals surface area contributed by atoms with Gasteiger partial charge in [-0.1, -0.05) is 48.5 Å². The molecule has 8 nitrogen and oxygen atoms in total. The van der Waals surface area contributed by atoms with E-state index in [4.69, 9.17) is 14.6 Å². The zero-order valence-electron chi connectivity index (χ0n) is 19.4. The van der Waals surface area contributed by atoms with Gasteiger partial charge in [-0.15, -0.1) is 0 Å². The van der Waals surface area contributed by atoms with Crippen LogP contribution in [-0.2, 0) is 19.1 Å². The molecule has 8 heteroatoms. The first-order chi connectivity index (χ1) is 16.5. The maximum atomic E-state index is 12.3. The van der Waals surface area contributed by atoms with Crippen LogP contribution in [-0.4, -0.2) is 55.5 Å². The van der Waals surface area contributed by atoms with E-state index in [9.17, 15) is 14.4 Å². The molecule has 1 aliphatic carbocycles. The number of alkyl carbamates (subject to hydrolysis) is 1. The highest BCUT2D eigenvalue weighted by molar-refractivity contribution is 5.79. The van der Waals surface area contributed by atoms with Gasteiger partial charge in [-0.3, -0.25) is 9.59 Å². The Kier molecular flexibility index (Phi) is 9.46. The molecule has 0 aromatic heterocycles. The van der Waals surface area contributed by atoms with E-state index in [0.29, 0.717) is 25.8 Å². The Morgan fingerprint density at radius 2 is 1.62 bits per heavy atom. The number of carboxylic acid groups (broad SMARTS) is 1. The predicted octanol–water partition coefficient (Wildman–Crippen LogP) is 3.69. The van der Waals surface area contributed by atoms with Crippen LogP contribution in [0.1, 0.15) is 49.7 Å². The summed E-state index contributed by atoms with van der Waals surface area (Å²) >= 11 is 0. The summed E-state index contributed by atoms with van der Waals surface area (Å²) in [4.78, 5) is 34.6. The summed E-state index contributed by atoms with van der Waals surface area (Å²) in [7, 11) is 0. The van der Waals surface area contributed by atoms with Gasteiger partial charge >= 0.3 is 12.1 Å². The molecule has 0 saturated carbocycles. The highest BCUT2D eigenvalue weighted by atomic mass is 16.5. The molecule has 182 valence electrons. The summed E-state index contributed by atoms with van der Waals surface area (Å²) in [5.41, 5.74) is 4.71. The van der Waals surface area contributed by atoms with Crippen LogP contribution in [0.3, 0.4) is 0 Å². The van der Waals surface area contributed by atoms with Gasteiger partial charge in [-0.2, -0.15) is 0 Å². The minimum atomic E-state index is -0.912. The molecule has 3 rings (SSSR count). The number of nitrogens with one attached hydrogen (secondary N) is 2. The molecule has 0 radical (unpaired) electrons. The molecule has 0 heterocycles. The lowest BCUT2D eigenvalue weighted by molar-refractivity contribution is -0.138. The SMILES string of the molecule is CC(CCCC(=O)NCCOCCC(=O)O)NC(=O)OCC1c2ccccc2-c2ccccc21. The van der Waals surface area contributed by atoms with E-state index < -0.39 is 12.1 Å². The van der Waals surface area contributed by atoms with Gasteiger partial charge in [0.05, 0.1) is 19.6 Å². The van der Waals surface area contributed by atoms with Crippen LogP contribution in [0.25, 0.3) is 11.1 Å². The minimum absolute atomic E-state index is 0.0188. The molecule has 0 aliphatic heterocycles. The number of amides is 2. The number of carbonyl (C=O) groups is 3. The van der Waals surface area contributed by atoms with E-state index in [2.05, 4.69) is 34.9 Å². The first-order valence-corrected chi connectivity index (χ1v) is 11.6. The highest BCUT2D eigenvalue weighted by Gasteiger charge is 2.29. The van der Waals surface area contributed by atoms with Crippen LogP contribution in [0.15, 0.2) is 48.5 Å². The van der Waals surface area contributed by atoms with Crippen LogP contribution >= 0.6 is 0 Å². The average molecular weight is 469 g/mol. The summed E-state index contributed by atoms with van der Waals surface area (Å²) in [6, 6.07) is 16.3. The van der Waals surface area contributed by atoms with Crippen molar-refractivity contribution >= 4 is 18.0 Å². The highest BCUT2D eigenvalue weighted by Crippen LogP contribution is 2.44. The van der Waals surface area contributed by atoms with E-state index in [0.717, 1.165) is 0 Å². The first kappa shape index (κ1) is 25.2. The third-order valence-electron chi connectivity index (χ3n) is 5.78. The molecule has 2 amide bonds. The van der Waals surface area contributed by atoms with E-state index in [1.54, 1.807) is 0 Å². The number of fused-ring (bicyclic) bond motifs is 3. The molecular weight excluding hydrogens is 436 g/mol. The van der Waals surface area contributed by atoms with Crippen molar-refractivity contribution in [2.75, 3.05) is 26.4 Å². The number of carbonyl (C=O) groups excluding carboxylic acids is 2. The maximum Gasteiger partial charge on any atom is 0.407 e. The molecule has 0 bridgehead atoms. The van der Waals surface area contributed by atoms with Gasteiger partial charge in [0.2, 0.25) is 5.91 Å². The largest absolute Gasteiger partial charge is 0.481 e. The second kappa shape index (κ2) is 12.7. The van der Waals surface area contributed by atoms with Crippen LogP contribution in [0.4, 0.5) is 4.79 Å². The fourth-order valence-corrected chi connectivity index (χ4v) is 4.09. The van der Waals surface area contributed by atoms with Crippen molar-refractivity contribution in [3.05, 3.63) is 59.7 Å². The second-order valence-electron chi connectivity index (χ2n) is 8.37. The van der Waals surface area contributed by atoms with Crippen molar-refractivity contribution in [3.63, 3.8) is 0 Å². The lowest BCUT2D eigenvalue weighted by Crippen LogP contribution is -2.34. The Hall–Kier alpha value is -3.39. The van der Waals surface area contributed by atoms with Gasteiger partial charge in [0.25, 0.3) is 0 Å². The van der Waals surface area contributed by atoms with Crippen molar-refractivity contribution in [1.82, 2.24) is 10.6 Å². The molecule has 0 spiro atoms. The molecule has 1 atom stereocenters. The molecule has 2 aromatic rings. The van der Waals surface area contributed by atoms with Gasteiger partial charge in [-0.25, -0.2) is 4.79 Å². The van der Waals surface area contributed by atoms with Crippen LogP contribution in [0, 0.1) is 0 Å². The van der Waals surface area contributed by atoms with Gasteiger partial charge in [-0.05, 0) is 42.0 Å². The van der Waals surface area contributed by atoms with Crippen LogP contribution < -0.4 is 10.6 Å². The molecule has 2 aromatic carbocycles. The minimum Gasteiger partial charge on any atom is -0.481 e. The Morgan fingerprint density at radius 1 is 0.971 bits per heavy atom. The quantitative estimate of drug-likeness (QED) is 0.386. The zero-order chi connectivity index (χ0) is 24.3. The molecular formula is C26H32N2O6. The Morgan fingerprint density at radius 3 is 2.26 bits per heavy atom. The van der Waals surface area contributed by atoms with Crippen LogP contribution in [0.2, 0.25) is 0 Å². The van der Waals surface area contributed by atoms with Gasteiger partial charge < -0.3 is 25.2 Å². The van der Waals surface area contributed by atoms with E-state index in [1.165, 1.54) is 22.3 Å². The fourth-order valence-electron chi connectivity index (χ4n) is 4.09. The van der Waals surface area contributed by atoms with Gasteiger partial charge in [0.1, 0.15) is 6.61 Å². The lowest BCUT2D eigenvalue weighted by atomic mass is 9.98. The molecule has 3 N–H and O–H groups in total. The first-order valence-electron chi connectivity index (χ1n) is 11.6. The monoisotopic (exact) mass is 468 g/mol. The topological polar surface area (TPSA) is 114 Å². The third-order valence-corrected chi connectivity index (χ3v) is 5.78. The van der Waals surface area contributed by atoms with Gasteiger partial charge in [0.15, 0.2) is 0 Å². The summed E-state index contributed by atoms with van der Waals surface area (Å²) in [5.74, 6) is -0.995. The van der Waals surface area contributed by atoms with Crippen molar-refractivity contribution in [2.24, 2.45) is 0 Å². The van der Waals surface area contributed by atoms with Crippen molar-refractivity contribution in [1.29, 1.82) is 0 Å². The van der Waals surface area contributed by atoms with Crippen molar-refractivity contribution in [3.8, 4) is 11.1 Å². The number of hydrogen-bond acceptors (Lipinski definition) is 5. The molecule has 0 fully saturated rings. The smallest absolute Gasteiger partial charge is 0.407 e. The number of hydrogen-bond donors (Lipinski definition) is 3. The Labute approximate surface area is 199 Å². The lowest BCUT2D eigenvalue weighted by Gasteiger charge is -2.17. The Bertz CT molecular complexity index is 947. The van der Waals surface area contributed by atoms with Gasteiger partial charge in [0, 0.05) is 24.9 Å². The van der Waals surface area contributed by atoms with E-state index in [1.807, 2.05) is 31.2 Å². The molecule has 0 saturated heterocycles. The maximum absolute atomic E-state index is 12.3. The van der Waals surface area contributed by atoms with E-state index >= 15 is 0 Å².